The number of nitrogens with zero attached hydrogens (tertiary/aromatic N) is 2. The van der Waals surface area contributed by atoms with Crippen LogP contribution in [-0.4, -0.2) is 11.6 Å². The maximum absolute atomic E-state index is 12.1. The average molecular weight is 398 g/mol. The van der Waals surface area contributed by atoms with E-state index in [0.29, 0.717) is 26.5 Å². The van der Waals surface area contributed by atoms with Gasteiger partial charge in [-0.2, -0.15) is 5.10 Å². The molecule has 1 aliphatic rings. The number of nitrogens with two attached hydrogens (primary N) is 1. The van der Waals surface area contributed by atoms with E-state index in [9.17, 15) is 4.79 Å². The molecule has 0 fully saturated rings. The van der Waals surface area contributed by atoms with Crippen LogP contribution in [0.25, 0.3) is 0 Å². The van der Waals surface area contributed by atoms with Crippen molar-refractivity contribution >= 4 is 52.1 Å². The van der Waals surface area contributed by atoms with Crippen molar-refractivity contribution in [1.29, 1.82) is 0 Å². The highest BCUT2D eigenvalue weighted by Crippen LogP contribution is 2.42. The number of hydrogen-bond acceptors (Lipinski definition) is 4. The molecule has 25 heavy (non-hydrogen) atoms. The minimum absolute atomic E-state index is 0.212. The van der Waals surface area contributed by atoms with Crippen LogP contribution in [0.5, 0.6) is 0 Å². The Labute approximate surface area is 160 Å². The van der Waals surface area contributed by atoms with Crippen LogP contribution in [0.4, 0.5) is 5.69 Å². The number of nitrogens with one attached hydrogen (secondary N) is 1. The van der Waals surface area contributed by atoms with Crippen molar-refractivity contribution in [2.75, 3.05) is 5.01 Å². The summed E-state index contributed by atoms with van der Waals surface area (Å²) in [5, 5.41) is 7.79. The first-order valence-corrected chi connectivity index (χ1v) is 8.65. The van der Waals surface area contributed by atoms with Crippen LogP contribution in [0.15, 0.2) is 47.6 Å². The third kappa shape index (κ3) is 3.46. The normalized spacial score (nSPS) is 19.7. The molecule has 2 aromatic carbocycles. The topological polar surface area (TPSA) is 70.7 Å². The zero-order valence-corrected chi connectivity index (χ0v) is 15.5. The standard InChI is InChI=1S/C17H15Cl3N4O/c1-9-15(17(25)22-21)23-24(14-7-6-12(19)8-13(14)20)16(9)10-2-4-11(18)5-3-10/h2-9,16H,21H2,1H3,(H,22,25)/t9-,16+/m1/s1. The van der Waals surface area contributed by atoms with Gasteiger partial charge in [-0.15, -0.1) is 0 Å². The van der Waals surface area contributed by atoms with E-state index in [-0.39, 0.29) is 12.0 Å². The van der Waals surface area contributed by atoms with Crippen molar-refractivity contribution in [3.63, 3.8) is 0 Å². The lowest BCUT2D eigenvalue weighted by Gasteiger charge is -2.27. The van der Waals surface area contributed by atoms with Crippen molar-refractivity contribution < 1.29 is 4.79 Å². The molecular formula is C17H15Cl3N4O. The molecule has 0 spiro atoms. The summed E-state index contributed by atoms with van der Waals surface area (Å²) in [6.45, 7) is 1.91. The molecule has 2 aromatic rings. The summed E-state index contributed by atoms with van der Waals surface area (Å²) in [6.07, 6.45) is 0. The monoisotopic (exact) mass is 396 g/mol. The van der Waals surface area contributed by atoms with Gasteiger partial charge in [0.1, 0.15) is 5.71 Å². The zero-order chi connectivity index (χ0) is 18.1. The lowest BCUT2D eigenvalue weighted by molar-refractivity contribution is -0.115. The van der Waals surface area contributed by atoms with Crippen LogP contribution < -0.4 is 16.3 Å². The van der Waals surface area contributed by atoms with Gasteiger partial charge in [-0.05, 0) is 35.9 Å². The Hall–Kier alpha value is -1.79. The van der Waals surface area contributed by atoms with E-state index >= 15 is 0 Å². The molecule has 5 nitrogen and oxygen atoms in total. The predicted molar refractivity (Wildman–Crippen MR) is 102 cm³/mol. The van der Waals surface area contributed by atoms with E-state index in [1.807, 2.05) is 19.1 Å². The molecule has 2 atom stereocenters. The first kappa shape index (κ1) is 18.0. The Morgan fingerprint density at radius 2 is 1.76 bits per heavy atom. The van der Waals surface area contributed by atoms with Gasteiger partial charge in [-0.3, -0.25) is 15.2 Å². The molecule has 0 saturated carbocycles. The smallest absolute Gasteiger partial charge is 0.281 e. The summed E-state index contributed by atoms with van der Waals surface area (Å²) >= 11 is 18.3. The Balaban J connectivity index is 2.10. The highest BCUT2D eigenvalue weighted by Gasteiger charge is 2.39. The number of hydrazine groups is 1. The van der Waals surface area contributed by atoms with E-state index in [1.165, 1.54) is 0 Å². The molecule has 1 heterocycles. The van der Waals surface area contributed by atoms with E-state index in [4.69, 9.17) is 40.6 Å². The summed E-state index contributed by atoms with van der Waals surface area (Å²) < 4.78 is 0. The SMILES string of the molecule is C[C@@H]1C(C(=O)NN)=NN(c2ccc(Cl)cc2Cl)[C@@H]1c1ccc(Cl)cc1. The van der Waals surface area contributed by atoms with Gasteiger partial charge in [0, 0.05) is 16.0 Å². The van der Waals surface area contributed by atoms with Crippen molar-refractivity contribution in [3.05, 3.63) is 63.1 Å². The van der Waals surface area contributed by atoms with Crippen molar-refractivity contribution in [2.24, 2.45) is 16.9 Å². The van der Waals surface area contributed by atoms with Crippen molar-refractivity contribution in [2.45, 2.75) is 13.0 Å². The van der Waals surface area contributed by atoms with Gasteiger partial charge in [-0.25, -0.2) is 5.84 Å². The van der Waals surface area contributed by atoms with Crippen LogP contribution in [0.2, 0.25) is 15.1 Å². The number of benzene rings is 2. The molecule has 3 N–H and O–H groups in total. The molecule has 1 amide bonds. The average Bonchev–Trinajstić information content (AvgIpc) is 2.92. The third-order valence-electron chi connectivity index (χ3n) is 4.12. The van der Waals surface area contributed by atoms with E-state index in [2.05, 4.69) is 10.5 Å². The van der Waals surface area contributed by atoms with Crippen LogP contribution >= 0.6 is 34.8 Å². The van der Waals surface area contributed by atoms with Gasteiger partial charge in [0.2, 0.25) is 0 Å². The number of anilines is 1. The molecule has 0 aliphatic carbocycles. The highest BCUT2D eigenvalue weighted by molar-refractivity contribution is 6.41. The fourth-order valence-corrected chi connectivity index (χ4v) is 3.54. The molecule has 1 aliphatic heterocycles. The number of halogens is 3. The largest absolute Gasteiger partial charge is 0.289 e. The maximum Gasteiger partial charge on any atom is 0.281 e. The molecule has 0 aromatic heterocycles. The molecule has 3 rings (SSSR count). The molecular weight excluding hydrogens is 383 g/mol. The number of hydrazone groups is 1. The van der Waals surface area contributed by atoms with Crippen molar-refractivity contribution in [1.82, 2.24) is 5.43 Å². The first-order valence-electron chi connectivity index (χ1n) is 7.51. The lowest BCUT2D eigenvalue weighted by atomic mass is 9.91. The summed E-state index contributed by atoms with van der Waals surface area (Å²) in [7, 11) is 0. The van der Waals surface area contributed by atoms with Crippen LogP contribution in [-0.2, 0) is 4.79 Å². The fraction of sp³-hybridized carbons (Fsp3) is 0.176. The predicted octanol–water partition coefficient (Wildman–Crippen LogP) is 4.19. The molecule has 0 radical (unpaired) electrons. The second-order valence-electron chi connectivity index (χ2n) is 5.68. The Kier molecular flexibility index (Phi) is 5.20. The van der Waals surface area contributed by atoms with Crippen LogP contribution in [0.3, 0.4) is 0 Å². The minimum Gasteiger partial charge on any atom is -0.289 e. The lowest BCUT2D eigenvalue weighted by Crippen LogP contribution is -2.38. The number of carbonyl (C=O) groups excluding carboxylic acids is 1. The maximum atomic E-state index is 12.1. The summed E-state index contributed by atoms with van der Waals surface area (Å²) in [5.74, 6) is 4.65. The zero-order valence-electron chi connectivity index (χ0n) is 13.2. The Bertz CT molecular complexity index is 838. The van der Waals surface area contributed by atoms with Crippen LogP contribution in [0.1, 0.15) is 18.5 Å². The fourth-order valence-electron chi connectivity index (χ4n) is 2.92. The van der Waals surface area contributed by atoms with Gasteiger partial charge >= 0.3 is 0 Å². The summed E-state index contributed by atoms with van der Waals surface area (Å²) in [4.78, 5) is 12.1. The van der Waals surface area contributed by atoms with E-state index in [1.54, 1.807) is 35.3 Å². The van der Waals surface area contributed by atoms with E-state index in [0.717, 1.165) is 5.56 Å². The molecule has 0 unspecified atom stereocenters. The summed E-state index contributed by atoms with van der Waals surface area (Å²) in [5.41, 5.74) is 4.07. The number of rotatable bonds is 3. The number of carbonyl (C=O) groups is 1. The Morgan fingerprint density at radius 3 is 2.36 bits per heavy atom. The number of hydrogen-bond donors (Lipinski definition) is 2. The molecule has 0 bridgehead atoms. The highest BCUT2D eigenvalue weighted by atomic mass is 35.5. The Morgan fingerprint density at radius 1 is 1.12 bits per heavy atom. The van der Waals surface area contributed by atoms with E-state index < -0.39 is 5.91 Å². The third-order valence-corrected chi connectivity index (χ3v) is 4.91. The second-order valence-corrected chi connectivity index (χ2v) is 6.96. The van der Waals surface area contributed by atoms with Crippen molar-refractivity contribution in [3.8, 4) is 0 Å². The van der Waals surface area contributed by atoms with Gasteiger partial charge in [0.15, 0.2) is 0 Å². The molecule has 130 valence electrons. The molecule has 8 heteroatoms. The van der Waals surface area contributed by atoms with Gasteiger partial charge in [0.05, 0.1) is 16.8 Å². The van der Waals surface area contributed by atoms with Gasteiger partial charge in [0.25, 0.3) is 5.91 Å². The second kappa shape index (κ2) is 7.22. The quantitative estimate of drug-likeness (QED) is 0.463. The summed E-state index contributed by atoms with van der Waals surface area (Å²) in [6, 6.07) is 12.3. The minimum atomic E-state index is -0.431. The van der Waals surface area contributed by atoms with Crippen LogP contribution in [0, 0.1) is 5.92 Å². The first-order chi connectivity index (χ1) is 11.9. The number of amides is 1. The van der Waals surface area contributed by atoms with Gasteiger partial charge < -0.3 is 0 Å². The van der Waals surface area contributed by atoms with Gasteiger partial charge in [-0.1, -0.05) is 53.9 Å². The molecule has 0 saturated heterocycles.